The van der Waals surface area contributed by atoms with Crippen molar-refractivity contribution in [3.63, 3.8) is 0 Å². The minimum Gasteiger partial charge on any atom is -0.369 e. The topological polar surface area (TPSA) is 15.3 Å². The van der Waals surface area contributed by atoms with E-state index in [-0.39, 0.29) is 5.54 Å². The second-order valence-electron chi connectivity index (χ2n) is 6.47. The Balaban J connectivity index is 2.21. The van der Waals surface area contributed by atoms with Gasteiger partial charge >= 0.3 is 0 Å². The molecule has 1 unspecified atom stereocenters. The van der Waals surface area contributed by atoms with Crippen LogP contribution in [0.2, 0.25) is 5.02 Å². The van der Waals surface area contributed by atoms with Crippen LogP contribution in [0.1, 0.15) is 33.3 Å². The van der Waals surface area contributed by atoms with E-state index in [0.717, 1.165) is 24.7 Å². The second-order valence-corrected chi connectivity index (χ2v) is 8.42. The zero-order valence-electron chi connectivity index (χ0n) is 12.9. The van der Waals surface area contributed by atoms with Gasteiger partial charge in [0.05, 0.1) is 0 Å². The van der Waals surface area contributed by atoms with Crippen LogP contribution >= 0.6 is 23.4 Å². The van der Waals surface area contributed by atoms with Gasteiger partial charge < -0.3 is 10.2 Å². The summed E-state index contributed by atoms with van der Waals surface area (Å²) in [7, 11) is 0. The minimum absolute atomic E-state index is 0.0987. The van der Waals surface area contributed by atoms with Crippen molar-refractivity contribution in [2.75, 3.05) is 23.7 Å². The van der Waals surface area contributed by atoms with Gasteiger partial charge in [-0.3, -0.25) is 0 Å². The van der Waals surface area contributed by atoms with Crippen LogP contribution in [0.3, 0.4) is 0 Å². The molecule has 0 amide bonds. The predicted molar refractivity (Wildman–Crippen MR) is 92.2 cm³/mol. The number of anilines is 1. The molecule has 2 nitrogen and oxygen atoms in total. The van der Waals surface area contributed by atoms with Crippen LogP contribution in [0.25, 0.3) is 0 Å². The summed E-state index contributed by atoms with van der Waals surface area (Å²) in [4.78, 5) is 2.48. The Morgan fingerprint density at radius 2 is 2.15 bits per heavy atom. The van der Waals surface area contributed by atoms with Crippen LogP contribution in [-0.2, 0) is 6.54 Å². The molecule has 1 N–H and O–H groups in total. The van der Waals surface area contributed by atoms with E-state index in [4.69, 9.17) is 11.6 Å². The molecule has 1 fully saturated rings. The van der Waals surface area contributed by atoms with Gasteiger partial charge in [-0.2, -0.15) is 11.8 Å². The molecular formula is C16H25ClN2S. The highest BCUT2D eigenvalue weighted by molar-refractivity contribution is 8.00. The lowest BCUT2D eigenvalue weighted by atomic mass is 10.1. The maximum atomic E-state index is 6.44. The van der Waals surface area contributed by atoms with Gasteiger partial charge in [0.1, 0.15) is 0 Å². The Hall–Kier alpha value is -0.380. The molecule has 1 aromatic carbocycles. The molecule has 0 spiro atoms. The third-order valence-electron chi connectivity index (χ3n) is 3.47. The fraction of sp³-hybridized carbons (Fsp3) is 0.625. The van der Waals surface area contributed by atoms with Gasteiger partial charge in [0.2, 0.25) is 0 Å². The van der Waals surface area contributed by atoms with Crippen molar-refractivity contribution in [2.45, 2.75) is 45.0 Å². The molecule has 1 aliphatic heterocycles. The standard InChI is InChI=1S/C16H25ClN2S/c1-12-11-19(8-9-20-12)15-7-5-6-14(17)13(15)10-18-16(2,3)4/h5-7,12,18H,8-11H2,1-4H3. The molecule has 1 heterocycles. The molecule has 0 radical (unpaired) electrons. The molecule has 0 aliphatic carbocycles. The lowest BCUT2D eigenvalue weighted by Crippen LogP contribution is -2.39. The summed E-state index contributed by atoms with van der Waals surface area (Å²) in [5.74, 6) is 1.19. The SMILES string of the molecule is CC1CN(c2cccc(Cl)c2CNC(C)(C)C)CCS1. The minimum atomic E-state index is 0.0987. The summed E-state index contributed by atoms with van der Waals surface area (Å²) >= 11 is 8.50. The number of nitrogens with one attached hydrogen (secondary N) is 1. The van der Waals surface area contributed by atoms with E-state index < -0.39 is 0 Å². The van der Waals surface area contributed by atoms with Crippen molar-refractivity contribution >= 4 is 29.1 Å². The van der Waals surface area contributed by atoms with Crippen LogP contribution in [0.5, 0.6) is 0 Å². The highest BCUT2D eigenvalue weighted by Crippen LogP contribution is 2.31. The molecule has 1 atom stereocenters. The van der Waals surface area contributed by atoms with Gasteiger partial charge in [-0.15, -0.1) is 0 Å². The normalized spacial score (nSPS) is 20.2. The number of hydrogen-bond donors (Lipinski definition) is 1. The van der Waals surface area contributed by atoms with Gasteiger partial charge in [0.15, 0.2) is 0 Å². The maximum Gasteiger partial charge on any atom is 0.0471 e. The summed E-state index contributed by atoms with van der Waals surface area (Å²) in [5, 5.41) is 5.11. The van der Waals surface area contributed by atoms with Crippen LogP contribution in [-0.4, -0.2) is 29.6 Å². The largest absolute Gasteiger partial charge is 0.369 e. The molecule has 0 bridgehead atoms. The molecule has 112 valence electrons. The van der Waals surface area contributed by atoms with Crippen molar-refractivity contribution in [1.82, 2.24) is 5.32 Å². The first-order valence-corrected chi connectivity index (χ1v) is 8.68. The van der Waals surface area contributed by atoms with E-state index >= 15 is 0 Å². The quantitative estimate of drug-likeness (QED) is 0.902. The van der Waals surface area contributed by atoms with E-state index in [2.05, 4.69) is 61.8 Å². The van der Waals surface area contributed by atoms with Crippen molar-refractivity contribution in [1.29, 1.82) is 0 Å². The second kappa shape index (κ2) is 6.59. The zero-order chi connectivity index (χ0) is 14.8. The Morgan fingerprint density at radius 3 is 2.80 bits per heavy atom. The smallest absolute Gasteiger partial charge is 0.0471 e. The zero-order valence-corrected chi connectivity index (χ0v) is 14.4. The average molecular weight is 313 g/mol. The van der Waals surface area contributed by atoms with Crippen molar-refractivity contribution in [3.05, 3.63) is 28.8 Å². The first-order valence-electron chi connectivity index (χ1n) is 7.26. The summed E-state index contributed by atoms with van der Waals surface area (Å²) in [5.41, 5.74) is 2.62. The van der Waals surface area contributed by atoms with Crippen molar-refractivity contribution < 1.29 is 0 Å². The highest BCUT2D eigenvalue weighted by atomic mass is 35.5. The van der Waals surface area contributed by atoms with Gasteiger partial charge in [0.25, 0.3) is 0 Å². The fourth-order valence-corrected chi connectivity index (χ4v) is 3.66. The molecule has 20 heavy (non-hydrogen) atoms. The van der Waals surface area contributed by atoms with E-state index in [1.807, 2.05) is 6.07 Å². The molecule has 1 saturated heterocycles. The van der Waals surface area contributed by atoms with Gasteiger partial charge in [-0.25, -0.2) is 0 Å². The first kappa shape index (κ1) is 16.0. The molecule has 0 saturated carbocycles. The molecular weight excluding hydrogens is 288 g/mol. The lowest BCUT2D eigenvalue weighted by Gasteiger charge is -2.34. The van der Waals surface area contributed by atoms with E-state index in [9.17, 15) is 0 Å². The van der Waals surface area contributed by atoms with Crippen LogP contribution in [0, 0.1) is 0 Å². The molecule has 4 heteroatoms. The van der Waals surface area contributed by atoms with Gasteiger partial charge in [0, 0.05) is 52.4 Å². The Bertz CT molecular complexity index is 456. The van der Waals surface area contributed by atoms with Crippen molar-refractivity contribution in [2.24, 2.45) is 0 Å². The average Bonchev–Trinajstić information content (AvgIpc) is 2.36. The summed E-state index contributed by atoms with van der Waals surface area (Å²) in [6, 6.07) is 6.26. The van der Waals surface area contributed by atoms with E-state index in [1.165, 1.54) is 17.0 Å². The molecule has 0 aromatic heterocycles. The van der Waals surface area contributed by atoms with Crippen LogP contribution in [0.4, 0.5) is 5.69 Å². The third-order valence-corrected chi connectivity index (χ3v) is 4.96. The third kappa shape index (κ3) is 4.31. The van der Waals surface area contributed by atoms with Crippen LogP contribution < -0.4 is 10.2 Å². The Morgan fingerprint density at radius 1 is 1.40 bits per heavy atom. The fourth-order valence-electron chi connectivity index (χ4n) is 2.41. The lowest BCUT2D eigenvalue weighted by molar-refractivity contribution is 0.424. The number of nitrogens with zero attached hydrogens (tertiary/aromatic N) is 1. The number of halogens is 1. The van der Waals surface area contributed by atoms with E-state index in [1.54, 1.807) is 0 Å². The Labute approximate surface area is 132 Å². The summed E-state index contributed by atoms with van der Waals surface area (Å²) < 4.78 is 0. The summed E-state index contributed by atoms with van der Waals surface area (Å²) in [6.45, 7) is 11.9. The first-order chi connectivity index (χ1) is 9.37. The number of rotatable bonds is 3. The molecule has 2 rings (SSSR count). The molecule has 1 aliphatic rings. The molecule has 1 aromatic rings. The van der Waals surface area contributed by atoms with Crippen LogP contribution in [0.15, 0.2) is 18.2 Å². The van der Waals surface area contributed by atoms with E-state index in [0.29, 0.717) is 5.25 Å². The number of thioether (sulfide) groups is 1. The summed E-state index contributed by atoms with van der Waals surface area (Å²) in [6.07, 6.45) is 0. The highest BCUT2D eigenvalue weighted by Gasteiger charge is 2.21. The van der Waals surface area contributed by atoms with Gasteiger partial charge in [-0.05, 0) is 32.9 Å². The number of hydrogen-bond acceptors (Lipinski definition) is 3. The Kier molecular flexibility index (Phi) is 5.27. The van der Waals surface area contributed by atoms with Crippen molar-refractivity contribution in [3.8, 4) is 0 Å². The predicted octanol–water partition coefficient (Wildman–Crippen LogP) is 4.17. The number of benzene rings is 1. The monoisotopic (exact) mass is 312 g/mol. The maximum absolute atomic E-state index is 6.44. The van der Waals surface area contributed by atoms with Gasteiger partial charge in [-0.1, -0.05) is 24.6 Å².